The maximum atomic E-state index is 12.6. The van der Waals surface area contributed by atoms with E-state index in [0.29, 0.717) is 0 Å². The maximum absolute atomic E-state index is 12.6. The zero-order chi connectivity index (χ0) is 14.2. The van der Waals surface area contributed by atoms with Crippen molar-refractivity contribution in [3.05, 3.63) is 64.1 Å². The van der Waals surface area contributed by atoms with Gasteiger partial charge in [0.05, 0.1) is 5.41 Å². The zero-order valence-corrected chi connectivity index (χ0v) is 12.9. The van der Waals surface area contributed by atoms with Gasteiger partial charge < -0.3 is 5.32 Å². The summed E-state index contributed by atoms with van der Waals surface area (Å²) in [6, 6.07) is 16.0. The second-order valence-corrected chi connectivity index (χ2v) is 6.28. The van der Waals surface area contributed by atoms with E-state index in [0.717, 1.165) is 34.1 Å². The minimum atomic E-state index is -0.319. The van der Waals surface area contributed by atoms with Crippen molar-refractivity contribution in [2.75, 3.05) is 5.32 Å². The van der Waals surface area contributed by atoms with E-state index in [1.54, 1.807) is 0 Å². The van der Waals surface area contributed by atoms with Crippen LogP contribution in [-0.4, -0.2) is 5.91 Å². The highest BCUT2D eigenvalue weighted by molar-refractivity contribution is 9.10. The molecule has 2 nitrogen and oxygen atoms in total. The Labute approximate surface area is 127 Å². The molecule has 1 N–H and O–H groups in total. The number of hydrogen-bond acceptors (Lipinski definition) is 1. The van der Waals surface area contributed by atoms with Gasteiger partial charge in [0.25, 0.3) is 0 Å². The van der Waals surface area contributed by atoms with Crippen LogP contribution in [0, 0.1) is 6.92 Å². The Morgan fingerprint density at radius 2 is 1.85 bits per heavy atom. The summed E-state index contributed by atoms with van der Waals surface area (Å²) in [6.07, 6.45) is 1.86. The van der Waals surface area contributed by atoms with Crippen molar-refractivity contribution in [1.29, 1.82) is 0 Å². The Morgan fingerprint density at radius 1 is 1.15 bits per heavy atom. The van der Waals surface area contributed by atoms with E-state index < -0.39 is 0 Å². The van der Waals surface area contributed by atoms with Gasteiger partial charge in [0.15, 0.2) is 0 Å². The van der Waals surface area contributed by atoms with Crippen LogP contribution < -0.4 is 5.32 Å². The average molecular weight is 330 g/mol. The first-order valence-corrected chi connectivity index (χ1v) is 7.54. The number of anilines is 1. The van der Waals surface area contributed by atoms with Gasteiger partial charge in [0.1, 0.15) is 0 Å². The number of carbonyl (C=O) groups is 1. The molecule has 0 bridgehead atoms. The molecule has 0 atom stereocenters. The summed E-state index contributed by atoms with van der Waals surface area (Å²) in [4.78, 5) is 12.6. The SMILES string of the molecule is Cc1cc(Br)ccc1NC(=O)C1(c2ccccc2)CC1. The standard InChI is InChI=1S/C17H16BrNO/c1-12-11-14(18)7-8-15(12)19-16(20)17(9-10-17)13-5-3-2-4-6-13/h2-8,11H,9-10H2,1H3,(H,19,20). The molecule has 1 saturated carbocycles. The first-order valence-electron chi connectivity index (χ1n) is 6.75. The van der Waals surface area contributed by atoms with E-state index in [4.69, 9.17) is 0 Å². The minimum absolute atomic E-state index is 0.106. The molecule has 1 amide bonds. The van der Waals surface area contributed by atoms with Crippen LogP contribution in [0.4, 0.5) is 5.69 Å². The van der Waals surface area contributed by atoms with Crippen LogP contribution in [0.1, 0.15) is 24.0 Å². The first kappa shape index (κ1) is 13.4. The van der Waals surface area contributed by atoms with E-state index in [1.165, 1.54) is 0 Å². The Morgan fingerprint density at radius 3 is 2.45 bits per heavy atom. The van der Waals surface area contributed by atoms with E-state index in [2.05, 4.69) is 21.2 Å². The Balaban J connectivity index is 1.83. The predicted octanol–water partition coefficient (Wildman–Crippen LogP) is 4.43. The van der Waals surface area contributed by atoms with Gasteiger partial charge in [0, 0.05) is 10.2 Å². The molecule has 0 heterocycles. The number of amides is 1. The summed E-state index contributed by atoms with van der Waals surface area (Å²) in [5.41, 5.74) is 2.75. The molecule has 0 saturated heterocycles. The zero-order valence-electron chi connectivity index (χ0n) is 11.3. The van der Waals surface area contributed by atoms with E-state index >= 15 is 0 Å². The normalized spacial score (nSPS) is 15.7. The summed E-state index contributed by atoms with van der Waals surface area (Å²) in [7, 11) is 0. The quantitative estimate of drug-likeness (QED) is 0.886. The monoisotopic (exact) mass is 329 g/mol. The van der Waals surface area contributed by atoms with Crippen LogP contribution in [0.15, 0.2) is 53.0 Å². The molecule has 2 aromatic carbocycles. The highest BCUT2D eigenvalue weighted by Gasteiger charge is 2.51. The van der Waals surface area contributed by atoms with Crippen molar-refractivity contribution in [3.63, 3.8) is 0 Å². The van der Waals surface area contributed by atoms with Crippen LogP contribution >= 0.6 is 15.9 Å². The summed E-state index contributed by atoms with van der Waals surface area (Å²) < 4.78 is 1.03. The Bertz CT molecular complexity index is 647. The lowest BCUT2D eigenvalue weighted by Gasteiger charge is -2.17. The molecule has 0 unspecified atom stereocenters. The summed E-state index contributed by atoms with van der Waals surface area (Å²) >= 11 is 3.44. The fourth-order valence-electron chi connectivity index (χ4n) is 2.54. The largest absolute Gasteiger partial charge is 0.325 e. The molecule has 102 valence electrons. The molecule has 0 aliphatic heterocycles. The summed E-state index contributed by atoms with van der Waals surface area (Å²) in [5, 5.41) is 3.08. The number of halogens is 1. The predicted molar refractivity (Wildman–Crippen MR) is 84.9 cm³/mol. The fraction of sp³-hybridized carbons (Fsp3) is 0.235. The molecular weight excluding hydrogens is 314 g/mol. The van der Waals surface area contributed by atoms with Gasteiger partial charge in [0.2, 0.25) is 5.91 Å². The van der Waals surface area contributed by atoms with Crippen molar-refractivity contribution in [2.24, 2.45) is 0 Å². The van der Waals surface area contributed by atoms with E-state index in [1.807, 2.05) is 55.5 Å². The summed E-state index contributed by atoms with van der Waals surface area (Å²) in [6.45, 7) is 2.00. The number of rotatable bonds is 3. The van der Waals surface area contributed by atoms with Gasteiger partial charge in [-0.05, 0) is 49.1 Å². The smallest absolute Gasteiger partial charge is 0.235 e. The van der Waals surface area contributed by atoms with Crippen molar-refractivity contribution in [1.82, 2.24) is 0 Å². The first-order chi connectivity index (χ1) is 9.62. The molecule has 20 heavy (non-hydrogen) atoms. The topological polar surface area (TPSA) is 29.1 Å². The molecule has 2 aromatic rings. The minimum Gasteiger partial charge on any atom is -0.325 e. The third kappa shape index (κ3) is 2.38. The van der Waals surface area contributed by atoms with Crippen LogP contribution in [0.5, 0.6) is 0 Å². The van der Waals surface area contributed by atoms with Gasteiger partial charge in [-0.3, -0.25) is 4.79 Å². The molecular formula is C17H16BrNO. The lowest BCUT2D eigenvalue weighted by Crippen LogP contribution is -2.28. The van der Waals surface area contributed by atoms with E-state index in [9.17, 15) is 4.79 Å². The van der Waals surface area contributed by atoms with Crippen LogP contribution in [0.2, 0.25) is 0 Å². The molecule has 3 heteroatoms. The highest BCUT2D eigenvalue weighted by Crippen LogP contribution is 2.49. The van der Waals surface area contributed by atoms with Crippen molar-refractivity contribution < 1.29 is 4.79 Å². The van der Waals surface area contributed by atoms with Gasteiger partial charge in [-0.15, -0.1) is 0 Å². The number of carbonyl (C=O) groups excluding carboxylic acids is 1. The maximum Gasteiger partial charge on any atom is 0.235 e. The van der Waals surface area contributed by atoms with E-state index in [-0.39, 0.29) is 11.3 Å². The molecule has 1 fully saturated rings. The fourth-order valence-corrected chi connectivity index (χ4v) is 3.01. The molecule has 1 aliphatic carbocycles. The van der Waals surface area contributed by atoms with Crippen LogP contribution in [-0.2, 0) is 10.2 Å². The van der Waals surface area contributed by atoms with Gasteiger partial charge in [-0.1, -0.05) is 46.3 Å². The van der Waals surface area contributed by atoms with Crippen molar-refractivity contribution in [2.45, 2.75) is 25.2 Å². The Hall–Kier alpha value is -1.61. The molecule has 0 aromatic heterocycles. The third-order valence-corrected chi connectivity index (χ3v) is 4.44. The van der Waals surface area contributed by atoms with Gasteiger partial charge >= 0.3 is 0 Å². The third-order valence-electron chi connectivity index (χ3n) is 3.95. The number of benzene rings is 2. The van der Waals surface area contributed by atoms with Crippen molar-refractivity contribution >= 4 is 27.5 Å². The lowest BCUT2D eigenvalue weighted by atomic mass is 9.95. The number of nitrogens with one attached hydrogen (secondary N) is 1. The van der Waals surface area contributed by atoms with Crippen molar-refractivity contribution in [3.8, 4) is 0 Å². The molecule has 3 rings (SSSR count). The lowest BCUT2D eigenvalue weighted by molar-refractivity contribution is -0.118. The van der Waals surface area contributed by atoms with Crippen LogP contribution in [0.3, 0.4) is 0 Å². The molecule has 1 aliphatic rings. The van der Waals surface area contributed by atoms with Gasteiger partial charge in [-0.2, -0.15) is 0 Å². The van der Waals surface area contributed by atoms with Crippen LogP contribution in [0.25, 0.3) is 0 Å². The highest BCUT2D eigenvalue weighted by atomic mass is 79.9. The van der Waals surface area contributed by atoms with Gasteiger partial charge in [-0.25, -0.2) is 0 Å². The number of aryl methyl sites for hydroxylation is 1. The Kier molecular flexibility index (Phi) is 3.38. The average Bonchev–Trinajstić information content (AvgIpc) is 3.24. The summed E-state index contributed by atoms with van der Waals surface area (Å²) in [5.74, 6) is 0.106. The second kappa shape index (κ2) is 5.06. The molecule has 0 radical (unpaired) electrons. The number of hydrogen-bond donors (Lipinski definition) is 1. The second-order valence-electron chi connectivity index (χ2n) is 5.36. The molecule has 0 spiro atoms.